The van der Waals surface area contributed by atoms with Crippen molar-refractivity contribution in [2.75, 3.05) is 19.7 Å². The number of morpholine rings is 1. The van der Waals surface area contributed by atoms with Gasteiger partial charge in [0, 0.05) is 13.1 Å². The second kappa shape index (κ2) is 5.10. The summed E-state index contributed by atoms with van der Waals surface area (Å²) in [5.41, 5.74) is -0.613. The van der Waals surface area contributed by atoms with Crippen LogP contribution in [-0.2, 0) is 14.8 Å². The first-order valence-electron chi connectivity index (χ1n) is 5.96. The Bertz CT molecular complexity index is 553. The molecule has 1 aliphatic heterocycles. The van der Waals surface area contributed by atoms with Crippen molar-refractivity contribution in [2.24, 2.45) is 0 Å². The van der Waals surface area contributed by atoms with Crippen LogP contribution >= 0.6 is 11.3 Å². The number of hydrogen-bond donors (Lipinski definition) is 1. The predicted molar refractivity (Wildman–Crippen MR) is 71.6 cm³/mol. The maximum absolute atomic E-state index is 12.5. The van der Waals surface area contributed by atoms with Gasteiger partial charge in [0.05, 0.1) is 29.5 Å². The Hall–Kier alpha value is -0.540. The smallest absolute Gasteiger partial charge is 0.254 e. The van der Waals surface area contributed by atoms with Gasteiger partial charge in [0.1, 0.15) is 0 Å². The molecule has 0 bridgehead atoms. The minimum Gasteiger partial charge on any atom is -0.394 e. The van der Waals surface area contributed by atoms with E-state index in [1.165, 1.54) is 10.5 Å². The van der Waals surface area contributed by atoms with Crippen LogP contribution in [0.15, 0.2) is 10.4 Å². The molecular weight excluding hydrogens is 288 g/mol. The van der Waals surface area contributed by atoms with Gasteiger partial charge in [-0.2, -0.15) is 4.31 Å². The standard InChI is InChI=1S/C11H18N2O4S2/c1-8-12-4-10(18-8)19(15,16)13-5-9(6-14)17-11(2,3)7-13/h4,9,14H,5-7H2,1-3H3. The quantitative estimate of drug-likeness (QED) is 0.885. The summed E-state index contributed by atoms with van der Waals surface area (Å²) < 4.78 is 32.2. The molecule has 6 nitrogen and oxygen atoms in total. The van der Waals surface area contributed by atoms with Gasteiger partial charge >= 0.3 is 0 Å². The molecule has 108 valence electrons. The zero-order chi connectivity index (χ0) is 14.3. The molecule has 19 heavy (non-hydrogen) atoms. The van der Waals surface area contributed by atoms with Gasteiger partial charge in [-0.15, -0.1) is 11.3 Å². The number of rotatable bonds is 3. The van der Waals surface area contributed by atoms with Crippen molar-refractivity contribution in [3.05, 3.63) is 11.2 Å². The summed E-state index contributed by atoms with van der Waals surface area (Å²) in [5.74, 6) is 0. The van der Waals surface area contributed by atoms with E-state index in [-0.39, 0.29) is 23.9 Å². The molecule has 1 unspecified atom stereocenters. The molecular formula is C11H18N2O4S2. The van der Waals surface area contributed by atoms with Crippen LogP contribution in [0.25, 0.3) is 0 Å². The minimum absolute atomic E-state index is 0.166. The van der Waals surface area contributed by atoms with E-state index in [0.29, 0.717) is 5.01 Å². The molecule has 0 saturated carbocycles. The van der Waals surface area contributed by atoms with Gasteiger partial charge < -0.3 is 9.84 Å². The van der Waals surface area contributed by atoms with E-state index >= 15 is 0 Å². The minimum atomic E-state index is -3.56. The highest BCUT2D eigenvalue weighted by atomic mass is 32.2. The number of hydrogen-bond acceptors (Lipinski definition) is 6. The Morgan fingerprint density at radius 1 is 1.63 bits per heavy atom. The van der Waals surface area contributed by atoms with Crippen LogP contribution in [0.4, 0.5) is 0 Å². The Labute approximate surface area is 117 Å². The van der Waals surface area contributed by atoms with E-state index < -0.39 is 21.7 Å². The lowest BCUT2D eigenvalue weighted by molar-refractivity contribution is -0.131. The van der Waals surface area contributed by atoms with Crippen LogP contribution in [0.3, 0.4) is 0 Å². The number of sulfonamides is 1. The van der Waals surface area contributed by atoms with E-state index in [0.717, 1.165) is 11.3 Å². The predicted octanol–water partition coefficient (Wildman–Crippen LogP) is 0.612. The average Bonchev–Trinajstić information content (AvgIpc) is 2.74. The Balaban J connectivity index is 2.29. The number of aliphatic hydroxyl groups is 1. The molecule has 1 aromatic rings. The zero-order valence-corrected chi connectivity index (χ0v) is 12.8. The average molecular weight is 306 g/mol. The van der Waals surface area contributed by atoms with E-state index in [1.54, 1.807) is 6.92 Å². The molecule has 8 heteroatoms. The first-order valence-corrected chi connectivity index (χ1v) is 8.21. The number of aryl methyl sites for hydroxylation is 1. The molecule has 0 amide bonds. The highest BCUT2D eigenvalue weighted by molar-refractivity contribution is 7.91. The number of nitrogens with zero attached hydrogens (tertiary/aromatic N) is 2. The Morgan fingerprint density at radius 3 is 2.84 bits per heavy atom. The highest BCUT2D eigenvalue weighted by Gasteiger charge is 2.39. The molecule has 1 saturated heterocycles. The normalized spacial score (nSPS) is 24.5. The molecule has 0 aliphatic carbocycles. The lowest BCUT2D eigenvalue weighted by atomic mass is 10.1. The number of aliphatic hydroxyl groups excluding tert-OH is 1. The van der Waals surface area contributed by atoms with Gasteiger partial charge in [0.15, 0.2) is 4.21 Å². The maximum Gasteiger partial charge on any atom is 0.254 e. The third-order valence-corrected chi connectivity index (χ3v) is 6.01. The maximum atomic E-state index is 12.5. The van der Waals surface area contributed by atoms with Crippen molar-refractivity contribution in [1.29, 1.82) is 0 Å². The number of ether oxygens (including phenoxy) is 1. The van der Waals surface area contributed by atoms with Crippen LogP contribution in [-0.4, -0.2) is 54.2 Å². The zero-order valence-electron chi connectivity index (χ0n) is 11.2. The first kappa shape index (κ1) is 14.9. The van der Waals surface area contributed by atoms with Gasteiger partial charge in [0.25, 0.3) is 10.0 Å². The third-order valence-electron chi connectivity index (χ3n) is 2.85. The van der Waals surface area contributed by atoms with Crippen molar-refractivity contribution in [2.45, 2.75) is 36.7 Å². The SMILES string of the molecule is Cc1ncc(S(=O)(=O)N2CC(CO)OC(C)(C)C2)s1. The lowest BCUT2D eigenvalue weighted by Gasteiger charge is -2.41. The fourth-order valence-corrected chi connectivity index (χ4v) is 4.99. The summed E-state index contributed by atoms with van der Waals surface area (Å²) in [7, 11) is -3.56. The summed E-state index contributed by atoms with van der Waals surface area (Å²) in [6.45, 7) is 5.63. The van der Waals surface area contributed by atoms with Crippen molar-refractivity contribution in [1.82, 2.24) is 9.29 Å². The van der Waals surface area contributed by atoms with Gasteiger partial charge in [-0.05, 0) is 20.8 Å². The van der Waals surface area contributed by atoms with Crippen LogP contribution in [0, 0.1) is 6.92 Å². The first-order chi connectivity index (χ1) is 8.74. The molecule has 1 aromatic heterocycles. The molecule has 2 heterocycles. The van der Waals surface area contributed by atoms with Gasteiger partial charge in [-0.25, -0.2) is 13.4 Å². The highest BCUT2D eigenvalue weighted by Crippen LogP contribution is 2.28. The second-order valence-electron chi connectivity index (χ2n) is 5.18. The Morgan fingerprint density at radius 2 is 2.32 bits per heavy atom. The number of aromatic nitrogens is 1. The molecule has 0 spiro atoms. The summed E-state index contributed by atoms with van der Waals surface area (Å²) in [4.78, 5) is 3.99. The fourth-order valence-electron chi connectivity index (χ4n) is 2.11. The van der Waals surface area contributed by atoms with Gasteiger partial charge in [-0.3, -0.25) is 0 Å². The van der Waals surface area contributed by atoms with Crippen LogP contribution in [0.1, 0.15) is 18.9 Å². The largest absolute Gasteiger partial charge is 0.394 e. The molecule has 1 N–H and O–H groups in total. The number of thiazole rings is 1. The molecule has 1 aliphatic rings. The molecule has 2 rings (SSSR count). The van der Waals surface area contributed by atoms with Crippen LogP contribution < -0.4 is 0 Å². The Kier molecular flexibility index (Phi) is 3.99. The van der Waals surface area contributed by atoms with Crippen molar-refractivity contribution in [3.63, 3.8) is 0 Å². The van der Waals surface area contributed by atoms with Crippen molar-refractivity contribution >= 4 is 21.4 Å². The van der Waals surface area contributed by atoms with Crippen molar-refractivity contribution < 1.29 is 18.3 Å². The monoisotopic (exact) mass is 306 g/mol. The summed E-state index contributed by atoms with van der Waals surface area (Å²) in [5, 5.41) is 9.94. The third kappa shape index (κ3) is 3.14. The summed E-state index contributed by atoms with van der Waals surface area (Å²) in [6.07, 6.45) is 0.888. The molecule has 0 radical (unpaired) electrons. The molecule has 1 fully saturated rings. The van der Waals surface area contributed by atoms with E-state index in [2.05, 4.69) is 4.98 Å². The molecule has 1 atom stereocenters. The van der Waals surface area contributed by atoms with Crippen LogP contribution in [0.5, 0.6) is 0 Å². The fraction of sp³-hybridized carbons (Fsp3) is 0.727. The molecule has 0 aromatic carbocycles. The van der Waals surface area contributed by atoms with E-state index in [1.807, 2.05) is 13.8 Å². The van der Waals surface area contributed by atoms with E-state index in [9.17, 15) is 13.5 Å². The topological polar surface area (TPSA) is 79.7 Å². The summed E-state index contributed by atoms with van der Waals surface area (Å²) >= 11 is 1.15. The van der Waals surface area contributed by atoms with Crippen LogP contribution in [0.2, 0.25) is 0 Å². The van der Waals surface area contributed by atoms with Gasteiger partial charge in [-0.1, -0.05) is 0 Å². The van der Waals surface area contributed by atoms with Crippen molar-refractivity contribution in [3.8, 4) is 0 Å². The van der Waals surface area contributed by atoms with Gasteiger partial charge in [0.2, 0.25) is 0 Å². The van der Waals surface area contributed by atoms with E-state index in [4.69, 9.17) is 4.74 Å². The summed E-state index contributed by atoms with van der Waals surface area (Å²) in [6, 6.07) is 0. The second-order valence-corrected chi connectivity index (χ2v) is 8.58. The lowest BCUT2D eigenvalue weighted by Crippen LogP contribution is -2.55.